The van der Waals surface area contributed by atoms with Crippen molar-refractivity contribution in [3.05, 3.63) is 23.7 Å². The van der Waals surface area contributed by atoms with Crippen LogP contribution in [0.5, 0.6) is 0 Å². The van der Waals surface area contributed by atoms with Crippen molar-refractivity contribution >= 4 is 9.84 Å². The third kappa shape index (κ3) is 3.08. The van der Waals surface area contributed by atoms with Gasteiger partial charge in [-0.25, -0.2) is 8.42 Å². The van der Waals surface area contributed by atoms with Crippen molar-refractivity contribution in [3.8, 4) is 0 Å². The molecule has 1 aliphatic rings. The molecule has 1 saturated heterocycles. The quantitative estimate of drug-likeness (QED) is 0.843. The van der Waals surface area contributed by atoms with Crippen LogP contribution in [0.1, 0.15) is 17.7 Å². The number of sulfone groups is 1. The summed E-state index contributed by atoms with van der Waals surface area (Å²) in [5, 5.41) is 0. The van der Waals surface area contributed by atoms with Gasteiger partial charge in [-0.05, 0) is 19.5 Å². The molecular formula is C11H18N2O3S. The molecule has 1 atom stereocenters. The third-order valence-electron chi connectivity index (χ3n) is 3.18. The van der Waals surface area contributed by atoms with Gasteiger partial charge >= 0.3 is 0 Å². The molecule has 0 aliphatic carbocycles. The Morgan fingerprint density at radius 2 is 2.35 bits per heavy atom. The summed E-state index contributed by atoms with van der Waals surface area (Å²) in [6, 6.07) is 2.02. The van der Waals surface area contributed by atoms with Crippen molar-refractivity contribution in [2.45, 2.75) is 25.6 Å². The molecule has 0 spiro atoms. The van der Waals surface area contributed by atoms with Gasteiger partial charge in [-0.1, -0.05) is 0 Å². The van der Waals surface area contributed by atoms with E-state index in [9.17, 15) is 8.42 Å². The van der Waals surface area contributed by atoms with E-state index >= 15 is 0 Å². The van der Waals surface area contributed by atoms with Crippen LogP contribution < -0.4 is 5.73 Å². The second-order valence-electron chi connectivity index (χ2n) is 4.60. The van der Waals surface area contributed by atoms with E-state index in [4.69, 9.17) is 10.2 Å². The van der Waals surface area contributed by atoms with E-state index < -0.39 is 9.84 Å². The minimum atomic E-state index is -2.82. The van der Waals surface area contributed by atoms with Gasteiger partial charge in [-0.15, -0.1) is 0 Å². The molecule has 0 saturated carbocycles. The molecule has 0 amide bonds. The normalized spacial score (nSPS) is 23.4. The molecule has 2 N–H and O–H groups in total. The Balaban J connectivity index is 1.95. The van der Waals surface area contributed by atoms with E-state index in [1.807, 2.05) is 18.0 Å². The maximum atomic E-state index is 11.4. The zero-order chi connectivity index (χ0) is 12.5. The van der Waals surface area contributed by atoms with Crippen LogP contribution in [0.2, 0.25) is 0 Å². The maximum absolute atomic E-state index is 11.4. The van der Waals surface area contributed by atoms with Gasteiger partial charge in [-0.3, -0.25) is 4.90 Å². The van der Waals surface area contributed by atoms with E-state index in [1.165, 1.54) is 0 Å². The molecule has 1 fully saturated rings. The summed E-state index contributed by atoms with van der Waals surface area (Å²) in [4.78, 5) is 2.03. The smallest absolute Gasteiger partial charge is 0.151 e. The SMILES string of the molecule is CN(Cc1cc(CN)co1)C1CCS(=O)(=O)C1. The fourth-order valence-corrected chi connectivity index (χ4v) is 3.92. The van der Waals surface area contributed by atoms with Crippen molar-refractivity contribution in [2.75, 3.05) is 18.6 Å². The molecule has 5 nitrogen and oxygen atoms in total. The van der Waals surface area contributed by atoms with E-state index in [-0.39, 0.29) is 11.8 Å². The first-order valence-electron chi connectivity index (χ1n) is 5.67. The topological polar surface area (TPSA) is 76.5 Å². The van der Waals surface area contributed by atoms with E-state index in [1.54, 1.807) is 6.26 Å². The van der Waals surface area contributed by atoms with Crippen LogP contribution in [0.4, 0.5) is 0 Å². The highest BCUT2D eigenvalue weighted by atomic mass is 32.2. The van der Waals surface area contributed by atoms with Crippen molar-refractivity contribution in [1.82, 2.24) is 4.90 Å². The number of rotatable bonds is 4. The fourth-order valence-electron chi connectivity index (χ4n) is 2.11. The largest absolute Gasteiger partial charge is 0.468 e. The summed E-state index contributed by atoms with van der Waals surface area (Å²) in [6.45, 7) is 1.09. The van der Waals surface area contributed by atoms with Crippen LogP contribution in [0.25, 0.3) is 0 Å². The molecule has 0 aromatic carbocycles. The van der Waals surface area contributed by atoms with Gasteiger partial charge in [0.15, 0.2) is 9.84 Å². The number of furan rings is 1. The Morgan fingerprint density at radius 3 is 2.88 bits per heavy atom. The Labute approximate surface area is 101 Å². The van der Waals surface area contributed by atoms with E-state index in [0.717, 1.165) is 11.3 Å². The molecule has 17 heavy (non-hydrogen) atoms. The minimum Gasteiger partial charge on any atom is -0.468 e. The van der Waals surface area contributed by atoms with Gasteiger partial charge < -0.3 is 10.2 Å². The average Bonchev–Trinajstić information content (AvgIpc) is 2.84. The molecule has 1 unspecified atom stereocenters. The molecule has 0 radical (unpaired) electrons. The van der Waals surface area contributed by atoms with Gasteiger partial charge in [0.2, 0.25) is 0 Å². The minimum absolute atomic E-state index is 0.103. The Morgan fingerprint density at radius 1 is 1.59 bits per heavy atom. The maximum Gasteiger partial charge on any atom is 0.151 e. The highest BCUT2D eigenvalue weighted by molar-refractivity contribution is 7.91. The number of hydrogen-bond donors (Lipinski definition) is 1. The van der Waals surface area contributed by atoms with Crippen molar-refractivity contribution in [3.63, 3.8) is 0 Å². The van der Waals surface area contributed by atoms with Crippen LogP contribution in [0.15, 0.2) is 16.7 Å². The first-order chi connectivity index (χ1) is 8.00. The monoisotopic (exact) mass is 258 g/mol. The predicted molar refractivity (Wildman–Crippen MR) is 65.1 cm³/mol. The van der Waals surface area contributed by atoms with Crippen LogP contribution in [0, 0.1) is 0 Å². The van der Waals surface area contributed by atoms with Gasteiger partial charge in [0.25, 0.3) is 0 Å². The van der Waals surface area contributed by atoms with Crippen molar-refractivity contribution in [1.29, 1.82) is 0 Å². The Bertz CT molecular complexity index is 481. The molecule has 2 rings (SSSR count). The second-order valence-corrected chi connectivity index (χ2v) is 6.83. The van der Waals surface area contributed by atoms with Crippen molar-refractivity contribution in [2.24, 2.45) is 5.73 Å². The average molecular weight is 258 g/mol. The molecule has 2 heterocycles. The standard InChI is InChI=1S/C11H18N2O3S/c1-13(10-2-3-17(14,15)8-10)6-11-4-9(5-12)7-16-11/h4,7,10H,2-3,5-6,8,12H2,1H3. The summed E-state index contributed by atoms with van der Waals surface area (Å²) in [6.07, 6.45) is 2.36. The van der Waals surface area contributed by atoms with Crippen LogP contribution in [-0.2, 0) is 22.9 Å². The van der Waals surface area contributed by atoms with Gasteiger partial charge in [0, 0.05) is 18.2 Å². The third-order valence-corrected chi connectivity index (χ3v) is 4.93. The van der Waals surface area contributed by atoms with Crippen LogP contribution >= 0.6 is 0 Å². The number of nitrogens with two attached hydrogens (primary N) is 1. The first-order valence-corrected chi connectivity index (χ1v) is 7.49. The molecule has 1 aromatic rings. The summed E-state index contributed by atoms with van der Waals surface area (Å²) in [7, 11) is -0.898. The lowest BCUT2D eigenvalue weighted by Gasteiger charge is -2.21. The molecule has 1 aromatic heterocycles. The van der Waals surface area contributed by atoms with E-state index in [2.05, 4.69) is 0 Å². The lowest BCUT2D eigenvalue weighted by molar-refractivity contribution is 0.234. The Hall–Kier alpha value is -0.850. The number of nitrogens with zero attached hydrogens (tertiary/aromatic N) is 1. The zero-order valence-electron chi connectivity index (χ0n) is 9.93. The van der Waals surface area contributed by atoms with Gasteiger partial charge in [0.1, 0.15) is 5.76 Å². The molecule has 1 aliphatic heterocycles. The van der Waals surface area contributed by atoms with Crippen LogP contribution in [-0.4, -0.2) is 37.9 Å². The van der Waals surface area contributed by atoms with E-state index in [0.29, 0.717) is 25.3 Å². The summed E-state index contributed by atoms with van der Waals surface area (Å²) < 4.78 is 28.1. The van der Waals surface area contributed by atoms with Gasteiger partial charge in [-0.2, -0.15) is 0 Å². The molecule has 6 heteroatoms. The number of hydrogen-bond acceptors (Lipinski definition) is 5. The Kier molecular flexibility index (Phi) is 3.56. The molecule has 0 bridgehead atoms. The molecule has 96 valence electrons. The zero-order valence-corrected chi connectivity index (χ0v) is 10.7. The van der Waals surface area contributed by atoms with Gasteiger partial charge in [0.05, 0.1) is 24.3 Å². The summed E-state index contributed by atoms with van der Waals surface area (Å²) in [5.41, 5.74) is 6.46. The highest BCUT2D eigenvalue weighted by Crippen LogP contribution is 2.19. The summed E-state index contributed by atoms with van der Waals surface area (Å²) >= 11 is 0. The lowest BCUT2D eigenvalue weighted by Crippen LogP contribution is -2.31. The summed E-state index contributed by atoms with van der Waals surface area (Å²) in [5.74, 6) is 1.39. The predicted octanol–water partition coefficient (Wildman–Crippen LogP) is 0.357. The highest BCUT2D eigenvalue weighted by Gasteiger charge is 2.30. The lowest BCUT2D eigenvalue weighted by atomic mass is 10.2. The first kappa shape index (κ1) is 12.6. The molecular weight excluding hydrogens is 240 g/mol. The fraction of sp³-hybridized carbons (Fsp3) is 0.636. The van der Waals surface area contributed by atoms with Crippen molar-refractivity contribution < 1.29 is 12.8 Å². The second kappa shape index (κ2) is 4.80. The van der Waals surface area contributed by atoms with Crippen LogP contribution in [0.3, 0.4) is 0 Å².